The lowest BCUT2D eigenvalue weighted by atomic mass is 9.95. The number of guanidine groups is 1. The van der Waals surface area contributed by atoms with Crippen molar-refractivity contribution < 1.29 is 4.21 Å². The highest BCUT2D eigenvalue weighted by Crippen LogP contribution is 2.22. The molecule has 0 bridgehead atoms. The van der Waals surface area contributed by atoms with Gasteiger partial charge in [0.05, 0.1) is 0 Å². The molecule has 0 amide bonds. The molecule has 0 aliphatic heterocycles. The summed E-state index contributed by atoms with van der Waals surface area (Å²) in [5.41, 5.74) is 0. The van der Waals surface area contributed by atoms with E-state index in [4.69, 9.17) is 0 Å². The Kier molecular flexibility index (Phi) is 8.28. The summed E-state index contributed by atoms with van der Waals surface area (Å²) in [5.74, 6) is 1.64. The minimum atomic E-state index is -0.687. The summed E-state index contributed by atoms with van der Waals surface area (Å²) in [6.45, 7) is 6.60. The van der Waals surface area contributed by atoms with Crippen LogP contribution in [0.1, 0.15) is 46.0 Å². The van der Waals surface area contributed by atoms with Gasteiger partial charge in [0.2, 0.25) is 0 Å². The molecule has 2 rings (SSSR count). The maximum atomic E-state index is 12.1. The van der Waals surface area contributed by atoms with Crippen LogP contribution in [0.5, 0.6) is 0 Å². The van der Waals surface area contributed by atoms with Crippen LogP contribution >= 0.6 is 0 Å². The van der Waals surface area contributed by atoms with Crippen molar-refractivity contribution in [3.63, 3.8) is 0 Å². The van der Waals surface area contributed by atoms with E-state index < -0.39 is 10.8 Å². The molecule has 0 radical (unpaired) electrons. The molecule has 3 atom stereocenters. The van der Waals surface area contributed by atoms with E-state index in [1.165, 1.54) is 0 Å². The zero-order valence-electron chi connectivity index (χ0n) is 14.9. The highest BCUT2D eigenvalue weighted by atomic mass is 32.2. The Hall–Kier alpha value is -1.37. The molecule has 1 heterocycles. The highest BCUT2D eigenvalue weighted by Gasteiger charge is 2.25. The molecular weight excluding hydrogens is 322 g/mol. The number of aromatic nitrogens is 2. The van der Waals surface area contributed by atoms with Gasteiger partial charge in [-0.1, -0.05) is 13.3 Å². The molecule has 0 saturated heterocycles. The van der Waals surface area contributed by atoms with Crippen molar-refractivity contribution in [1.29, 1.82) is 0 Å². The smallest absolute Gasteiger partial charge is 0.191 e. The first-order valence-corrected chi connectivity index (χ1v) is 10.5. The van der Waals surface area contributed by atoms with Gasteiger partial charge in [-0.15, -0.1) is 0 Å². The number of rotatable bonds is 8. The lowest BCUT2D eigenvalue weighted by molar-refractivity contribution is 0.413. The highest BCUT2D eigenvalue weighted by molar-refractivity contribution is 7.85. The van der Waals surface area contributed by atoms with Gasteiger partial charge in [-0.05, 0) is 38.7 Å². The topological polar surface area (TPSA) is 71.3 Å². The van der Waals surface area contributed by atoms with Gasteiger partial charge in [-0.2, -0.15) is 5.10 Å². The second-order valence-electron chi connectivity index (χ2n) is 6.18. The lowest BCUT2D eigenvalue weighted by Gasteiger charge is -2.30. The Balaban J connectivity index is 1.80. The summed E-state index contributed by atoms with van der Waals surface area (Å²) in [6.07, 6.45) is 9.10. The van der Waals surface area contributed by atoms with E-state index in [-0.39, 0.29) is 0 Å². The molecule has 2 N–H and O–H groups in total. The van der Waals surface area contributed by atoms with Crippen LogP contribution in [0.3, 0.4) is 0 Å². The minimum Gasteiger partial charge on any atom is -0.357 e. The van der Waals surface area contributed by atoms with Crippen molar-refractivity contribution in [2.45, 2.75) is 63.8 Å². The first-order valence-electron chi connectivity index (χ1n) is 9.12. The maximum absolute atomic E-state index is 12.1. The Morgan fingerprint density at radius 2 is 2.29 bits per heavy atom. The molecule has 1 aromatic heterocycles. The first-order chi connectivity index (χ1) is 11.7. The number of hydrogen-bond acceptors (Lipinski definition) is 3. The van der Waals surface area contributed by atoms with E-state index in [0.717, 1.165) is 63.5 Å². The zero-order valence-corrected chi connectivity index (χ0v) is 15.7. The van der Waals surface area contributed by atoms with Crippen LogP contribution in [0.4, 0.5) is 0 Å². The van der Waals surface area contributed by atoms with E-state index in [2.05, 4.69) is 27.6 Å². The van der Waals surface area contributed by atoms with Crippen molar-refractivity contribution in [1.82, 2.24) is 20.4 Å². The normalized spacial score (nSPS) is 23.0. The number of aryl methyl sites for hydroxylation is 1. The molecule has 1 aliphatic carbocycles. The van der Waals surface area contributed by atoms with Crippen molar-refractivity contribution in [2.75, 3.05) is 18.8 Å². The van der Waals surface area contributed by atoms with Gasteiger partial charge in [-0.3, -0.25) is 13.9 Å². The van der Waals surface area contributed by atoms with Crippen LogP contribution in [-0.2, 0) is 17.3 Å². The van der Waals surface area contributed by atoms with Gasteiger partial charge >= 0.3 is 0 Å². The Morgan fingerprint density at radius 1 is 1.42 bits per heavy atom. The number of aliphatic imine (C=N–C) groups is 1. The molecule has 7 heteroatoms. The van der Waals surface area contributed by atoms with Gasteiger partial charge in [0.1, 0.15) is 0 Å². The van der Waals surface area contributed by atoms with Gasteiger partial charge in [0.25, 0.3) is 0 Å². The van der Waals surface area contributed by atoms with Crippen LogP contribution in [-0.4, -0.2) is 50.1 Å². The molecule has 3 unspecified atom stereocenters. The van der Waals surface area contributed by atoms with Crippen molar-refractivity contribution in [3.05, 3.63) is 18.5 Å². The van der Waals surface area contributed by atoms with Gasteiger partial charge in [0.15, 0.2) is 5.96 Å². The van der Waals surface area contributed by atoms with E-state index in [1.807, 2.05) is 23.9 Å². The fraction of sp³-hybridized carbons (Fsp3) is 0.765. The molecular formula is C17H31N5OS. The summed E-state index contributed by atoms with van der Waals surface area (Å²) in [4.78, 5) is 4.67. The average molecular weight is 354 g/mol. The maximum Gasteiger partial charge on any atom is 0.191 e. The van der Waals surface area contributed by atoms with Crippen LogP contribution < -0.4 is 10.6 Å². The standard InChI is InChI=1S/C17H31N5OS/c1-3-18-17(19-10-6-12-22-13-7-11-20-22)21-15-8-5-9-16(14-15)24(23)4-2/h7,11,13,15-16H,3-6,8-10,12,14H2,1-2H3,(H2,18,19,21). The largest absolute Gasteiger partial charge is 0.357 e. The molecule has 0 spiro atoms. The first kappa shape index (κ1) is 19.0. The van der Waals surface area contributed by atoms with Gasteiger partial charge in [0, 0.05) is 59.9 Å². The van der Waals surface area contributed by atoms with Crippen LogP contribution in [0.2, 0.25) is 0 Å². The quantitative estimate of drug-likeness (QED) is 0.425. The molecule has 0 aromatic carbocycles. The van der Waals surface area contributed by atoms with Crippen molar-refractivity contribution in [2.24, 2.45) is 4.99 Å². The third kappa shape index (κ3) is 6.26. The van der Waals surface area contributed by atoms with Crippen LogP contribution in [0, 0.1) is 0 Å². The van der Waals surface area contributed by atoms with E-state index in [9.17, 15) is 4.21 Å². The predicted molar refractivity (Wildman–Crippen MR) is 101 cm³/mol. The Morgan fingerprint density at radius 3 is 3.00 bits per heavy atom. The van der Waals surface area contributed by atoms with Crippen LogP contribution in [0.15, 0.2) is 23.5 Å². The zero-order chi connectivity index (χ0) is 17.2. The second kappa shape index (κ2) is 10.5. The number of nitrogens with one attached hydrogen (secondary N) is 2. The minimum absolute atomic E-state index is 0.337. The number of nitrogens with zero attached hydrogens (tertiary/aromatic N) is 3. The van der Waals surface area contributed by atoms with Crippen LogP contribution in [0.25, 0.3) is 0 Å². The summed E-state index contributed by atoms with van der Waals surface area (Å²) in [7, 11) is -0.687. The fourth-order valence-electron chi connectivity index (χ4n) is 3.12. The predicted octanol–water partition coefficient (Wildman–Crippen LogP) is 1.91. The van der Waals surface area contributed by atoms with E-state index in [1.54, 1.807) is 6.20 Å². The third-order valence-corrected chi connectivity index (χ3v) is 6.08. The fourth-order valence-corrected chi connectivity index (χ4v) is 4.47. The van der Waals surface area contributed by atoms with Gasteiger partial charge < -0.3 is 10.6 Å². The monoisotopic (exact) mass is 353 g/mol. The molecule has 24 heavy (non-hydrogen) atoms. The van der Waals surface area contributed by atoms with Crippen molar-refractivity contribution >= 4 is 16.8 Å². The summed E-state index contributed by atoms with van der Waals surface area (Å²) >= 11 is 0. The van der Waals surface area contributed by atoms with Gasteiger partial charge in [-0.25, -0.2) is 0 Å². The van der Waals surface area contributed by atoms with E-state index >= 15 is 0 Å². The second-order valence-corrected chi connectivity index (χ2v) is 8.19. The summed E-state index contributed by atoms with van der Waals surface area (Å²) < 4.78 is 14.0. The molecule has 1 fully saturated rings. The summed E-state index contributed by atoms with van der Waals surface area (Å²) in [5, 5.41) is 11.4. The number of hydrogen-bond donors (Lipinski definition) is 2. The third-order valence-electron chi connectivity index (χ3n) is 4.34. The Labute approximate surface area is 148 Å². The molecule has 136 valence electrons. The molecule has 1 aromatic rings. The summed E-state index contributed by atoms with van der Waals surface area (Å²) in [6, 6.07) is 2.32. The SMILES string of the molecule is CCNC(=NCCCn1cccn1)NC1CCCC(S(=O)CC)C1. The average Bonchev–Trinajstić information content (AvgIpc) is 3.12. The lowest BCUT2D eigenvalue weighted by Crippen LogP contribution is -2.46. The molecule has 1 saturated carbocycles. The Bertz CT molecular complexity index is 517. The van der Waals surface area contributed by atoms with E-state index in [0.29, 0.717) is 11.3 Å². The molecule has 1 aliphatic rings. The van der Waals surface area contributed by atoms with Crippen molar-refractivity contribution in [3.8, 4) is 0 Å². The molecule has 6 nitrogen and oxygen atoms in total.